The van der Waals surface area contributed by atoms with Gasteiger partial charge in [0.2, 0.25) is 0 Å². The molecule has 0 aromatic heterocycles. The maximum absolute atomic E-state index is 2.76. The van der Waals surface area contributed by atoms with Crippen molar-refractivity contribution in [1.82, 2.24) is 4.31 Å². The van der Waals surface area contributed by atoms with Gasteiger partial charge >= 0.3 is 0 Å². The molecule has 0 amide bonds. The Morgan fingerprint density at radius 3 is 2.20 bits per heavy atom. The van der Waals surface area contributed by atoms with Crippen LogP contribution in [-0.4, -0.2) is 53.9 Å². The van der Waals surface area contributed by atoms with E-state index in [1.54, 1.807) is 0 Å². The van der Waals surface area contributed by atoms with E-state index in [0.29, 0.717) is 0 Å². The summed E-state index contributed by atoms with van der Waals surface area (Å²) in [5.41, 5.74) is 0. The summed E-state index contributed by atoms with van der Waals surface area (Å²) < 4.78 is 2.76. The second kappa shape index (κ2) is 6.41. The molecule has 0 bridgehead atoms. The third kappa shape index (κ3) is 6.08. The van der Waals surface area contributed by atoms with Crippen LogP contribution >= 0.6 is 21.1 Å². The lowest BCUT2D eigenvalue weighted by molar-refractivity contribution is 0.377. The molecule has 94 valence electrons. The summed E-state index contributed by atoms with van der Waals surface area (Å²) in [4.78, 5) is 0. The molecule has 1 unspecified atom stereocenters. The first kappa shape index (κ1) is 13.7. The molecule has 1 nitrogen and oxygen atoms in total. The predicted molar refractivity (Wildman–Crippen MR) is 80.0 cm³/mol. The van der Waals surface area contributed by atoms with Crippen LogP contribution < -0.4 is 0 Å². The van der Waals surface area contributed by atoms with E-state index >= 15 is 0 Å². The topological polar surface area (TPSA) is 3.24 Å². The van der Waals surface area contributed by atoms with E-state index in [4.69, 9.17) is 0 Å². The van der Waals surface area contributed by atoms with Crippen LogP contribution in [0.4, 0.5) is 0 Å². The van der Waals surface area contributed by atoms with Gasteiger partial charge in [0.05, 0.1) is 0 Å². The Morgan fingerprint density at radius 1 is 1.07 bits per heavy atom. The summed E-state index contributed by atoms with van der Waals surface area (Å²) in [6.07, 6.45) is 15.6. The number of thiol groups is 1. The molecular formula is C12H29NS2. The Bertz CT molecular complexity index is 171. The number of rotatable bonds is 5. The summed E-state index contributed by atoms with van der Waals surface area (Å²) >= 11 is 0.195. The van der Waals surface area contributed by atoms with Crippen LogP contribution in [0.25, 0.3) is 0 Å². The first-order valence-electron chi connectivity index (χ1n) is 6.11. The normalized spacial score (nSPS) is 23.9. The van der Waals surface area contributed by atoms with E-state index in [-0.39, 0.29) is 21.1 Å². The van der Waals surface area contributed by atoms with Crippen molar-refractivity contribution in [2.75, 3.05) is 49.6 Å². The van der Waals surface area contributed by atoms with Crippen molar-refractivity contribution < 1.29 is 0 Å². The first-order valence-corrected chi connectivity index (χ1v) is 11.1. The van der Waals surface area contributed by atoms with Crippen LogP contribution in [0.1, 0.15) is 25.7 Å². The van der Waals surface area contributed by atoms with Crippen molar-refractivity contribution in [1.29, 1.82) is 0 Å². The van der Waals surface area contributed by atoms with Gasteiger partial charge in [-0.2, -0.15) is 0 Å². The molecule has 1 atom stereocenters. The van der Waals surface area contributed by atoms with Gasteiger partial charge in [-0.05, 0) is 55.8 Å². The van der Waals surface area contributed by atoms with Crippen LogP contribution in [0.2, 0.25) is 0 Å². The molecule has 0 aromatic rings. The fourth-order valence-electron chi connectivity index (χ4n) is 2.09. The van der Waals surface area contributed by atoms with E-state index in [9.17, 15) is 0 Å². The van der Waals surface area contributed by atoms with E-state index in [1.807, 2.05) is 0 Å². The van der Waals surface area contributed by atoms with E-state index in [1.165, 1.54) is 50.3 Å². The molecule has 1 aliphatic rings. The smallest absolute Gasteiger partial charge is 0.00716 e. The van der Waals surface area contributed by atoms with Gasteiger partial charge in [0.25, 0.3) is 0 Å². The Hall–Kier alpha value is 0.660. The molecular weight excluding hydrogens is 222 g/mol. The monoisotopic (exact) mass is 251 g/mol. The van der Waals surface area contributed by atoms with Crippen LogP contribution in [0.5, 0.6) is 0 Å². The average molecular weight is 252 g/mol. The SMILES string of the molecule is C[SH](CCCS(C)(C)C)N1CCCCC1. The highest BCUT2D eigenvalue weighted by Crippen LogP contribution is 2.37. The van der Waals surface area contributed by atoms with Gasteiger partial charge in [0.15, 0.2) is 0 Å². The zero-order valence-electron chi connectivity index (χ0n) is 11.0. The van der Waals surface area contributed by atoms with Crippen molar-refractivity contribution in [3.8, 4) is 0 Å². The quantitative estimate of drug-likeness (QED) is 0.735. The molecule has 0 radical (unpaired) electrons. The minimum atomic E-state index is -0.259. The molecule has 0 aliphatic carbocycles. The van der Waals surface area contributed by atoms with Gasteiger partial charge in [-0.1, -0.05) is 6.42 Å². The van der Waals surface area contributed by atoms with E-state index < -0.39 is 0 Å². The lowest BCUT2D eigenvalue weighted by Gasteiger charge is -2.36. The van der Waals surface area contributed by atoms with Gasteiger partial charge < -0.3 is 0 Å². The molecule has 1 rings (SSSR count). The third-order valence-corrected chi connectivity index (χ3v) is 6.90. The maximum Gasteiger partial charge on any atom is 0.00716 e. The number of nitrogens with zero attached hydrogens (tertiary/aromatic N) is 1. The Labute approximate surface area is 101 Å². The summed E-state index contributed by atoms with van der Waals surface area (Å²) in [6.45, 7) is 2.76. The maximum atomic E-state index is 2.76. The molecule has 1 saturated heterocycles. The van der Waals surface area contributed by atoms with Gasteiger partial charge in [-0.25, -0.2) is 21.1 Å². The minimum Gasteiger partial charge on any atom is -0.270 e. The second-order valence-electron chi connectivity index (χ2n) is 5.54. The van der Waals surface area contributed by atoms with Gasteiger partial charge in [-0.3, -0.25) is 4.31 Å². The standard InChI is InChI=1S/C12H29NS2/c1-14(11-8-12-15(2,3)4)13-9-6-5-7-10-13/h14H,5-12H2,1-4H3. The summed E-state index contributed by atoms with van der Waals surface area (Å²) in [5, 5.41) is 0. The lowest BCUT2D eigenvalue weighted by Crippen LogP contribution is -2.27. The molecule has 0 N–H and O–H groups in total. The molecule has 15 heavy (non-hydrogen) atoms. The summed E-state index contributed by atoms with van der Waals surface area (Å²) in [7, 11) is -0.259. The lowest BCUT2D eigenvalue weighted by atomic mass is 10.2. The third-order valence-electron chi connectivity index (χ3n) is 3.05. The van der Waals surface area contributed by atoms with Crippen molar-refractivity contribution in [2.45, 2.75) is 25.7 Å². The Balaban J connectivity index is 2.14. The molecule has 0 spiro atoms. The van der Waals surface area contributed by atoms with Crippen molar-refractivity contribution in [3.63, 3.8) is 0 Å². The molecule has 1 aliphatic heterocycles. The molecule has 1 fully saturated rings. The minimum absolute atomic E-state index is 0.195. The van der Waals surface area contributed by atoms with Crippen LogP contribution in [0.15, 0.2) is 0 Å². The van der Waals surface area contributed by atoms with Gasteiger partial charge in [0.1, 0.15) is 0 Å². The number of hydrogen-bond donors (Lipinski definition) is 1. The van der Waals surface area contributed by atoms with Crippen molar-refractivity contribution in [3.05, 3.63) is 0 Å². The highest BCUT2D eigenvalue weighted by atomic mass is 32.3. The van der Waals surface area contributed by atoms with Gasteiger partial charge in [0, 0.05) is 13.1 Å². The predicted octanol–water partition coefficient (Wildman–Crippen LogP) is 3.10. The molecule has 0 aromatic carbocycles. The Kier molecular flexibility index (Phi) is 5.86. The van der Waals surface area contributed by atoms with E-state index in [2.05, 4.69) is 29.3 Å². The highest BCUT2D eigenvalue weighted by molar-refractivity contribution is 8.32. The van der Waals surface area contributed by atoms with E-state index in [0.717, 1.165) is 0 Å². The first-order chi connectivity index (χ1) is 6.99. The zero-order chi connectivity index (χ0) is 11.3. The number of hydrogen-bond acceptors (Lipinski definition) is 1. The highest BCUT2D eigenvalue weighted by Gasteiger charge is 2.14. The molecule has 0 saturated carbocycles. The summed E-state index contributed by atoms with van der Waals surface area (Å²) in [5.74, 6) is 2.94. The van der Waals surface area contributed by atoms with Gasteiger partial charge in [-0.15, -0.1) is 0 Å². The van der Waals surface area contributed by atoms with Crippen molar-refractivity contribution >= 4 is 21.1 Å². The average Bonchev–Trinajstić information content (AvgIpc) is 2.17. The van der Waals surface area contributed by atoms with Crippen LogP contribution in [0.3, 0.4) is 0 Å². The second-order valence-corrected chi connectivity index (χ2v) is 12.5. The molecule has 3 heteroatoms. The van der Waals surface area contributed by atoms with Crippen LogP contribution in [-0.2, 0) is 0 Å². The zero-order valence-corrected chi connectivity index (χ0v) is 12.7. The number of piperidine rings is 1. The van der Waals surface area contributed by atoms with Crippen molar-refractivity contribution in [2.24, 2.45) is 0 Å². The summed E-state index contributed by atoms with van der Waals surface area (Å²) in [6, 6.07) is 0. The Morgan fingerprint density at radius 2 is 1.67 bits per heavy atom. The van der Waals surface area contributed by atoms with Crippen LogP contribution in [0, 0.1) is 0 Å². The fourth-order valence-corrected chi connectivity index (χ4v) is 5.18. The molecule has 1 heterocycles. The fraction of sp³-hybridized carbons (Fsp3) is 1.00. The largest absolute Gasteiger partial charge is 0.270 e.